The van der Waals surface area contributed by atoms with Crippen molar-refractivity contribution in [2.75, 3.05) is 23.3 Å². The summed E-state index contributed by atoms with van der Waals surface area (Å²) in [4.78, 5) is 51.0. The molecule has 0 radical (unpaired) electrons. The number of rotatable bonds is 4. The van der Waals surface area contributed by atoms with Crippen LogP contribution in [0.3, 0.4) is 0 Å². The number of amides is 3. The molecule has 3 amide bonds. The molecule has 8 nitrogen and oxygen atoms in total. The Hall–Kier alpha value is -3.30. The van der Waals surface area contributed by atoms with Crippen molar-refractivity contribution in [1.82, 2.24) is 14.9 Å². The third-order valence-electron chi connectivity index (χ3n) is 5.77. The van der Waals surface area contributed by atoms with E-state index in [0.29, 0.717) is 41.9 Å². The summed E-state index contributed by atoms with van der Waals surface area (Å²) in [6.07, 6.45) is 2.37. The van der Waals surface area contributed by atoms with Crippen LogP contribution in [0.4, 0.5) is 10.8 Å². The monoisotopic (exact) mass is 481 g/mol. The zero-order valence-electron chi connectivity index (χ0n) is 17.5. The Morgan fingerprint density at radius 2 is 1.97 bits per heavy atom. The number of halogens is 1. The van der Waals surface area contributed by atoms with Crippen molar-refractivity contribution in [1.29, 1.82) is 0 Å². The van der Waals surface area contributed by atoms with E-state index in [4.69, 9.17) is 11.6 Å². The van der Waals surface area contributed by atoms with Crippen LogP contribution in [0.5, 0.6) is 0 Å². The summed E-state index contributed by atoms with van der Waals surface area (Å²) in [5.41, 5.74) is 1.96. The molecule has 10 heteroatoms. The Bertz CT molecular complexity index is 1210. The highest BCUT2D eigenvalue weighted by Crippen LogP contribution is 2.32. The summed E-state index contributed by atoms with van der Waals surface area (Å²) in [5, 5.41) is 3.88. The van der Waals surface area contributed by atoms with Crippen LogP contribution in [0, 0.1) is 5.92 Å². The van der Waals surface area contributed by atoms with Gasteiger partial charge in [-0.05, 0) is 36.4 Å². The molecule has 0 saturated carbocycles. The molecule has 0 spiro atoms. The summed E-state index contributed by atoms with van der Waals surface area (Å²) in [7, 11) is 0. The van der Waals surface area contributed by atoms with Gasteiger partial charge in [0, 0.05) is 47.7 Å². The van der Waals surface area contributed by atoms with E-state index in [1.54, 1.807) is 58.5 Å². The van der Waals surface area contributed by atoms with Crippen LogP contribution in [-0.4, -0.2) is 45.7 Å². The second-order valence-electron chi connectivity index (χ2n) is 7.95. The summed E-state index contributed by atoms with van der Waals surface area (Å²) >= 11 is 7.31. The van der Waals surface area contributed by atoms with E-state index in [9.17, 15) is 14.4 Å². The Morgan fingerprint density at radius 1 is 1.15 bits per heavy atom. The lowest BCUT2D eigenvalue weighted by Gasteiger charge is -2.28. The van der Waals surface area contributed by atoms with Crippen LogP contribution in [0.1, 0.15) is 27.5 Å². The molecule has 1 N–H and O–H groups in total. The number of anilines is 2. The lowest BCUT2D eigenvalue weighted by molar-refractivity contribution is -0.136. The van der Waals surface area contributed by atoms with Gasteiger partial charge < -0.3 is 9.80 Å². The third kappa shape index (κ3) is 4.46. The van der Waals surface area contributed by atoms with Crippen molar-refractivity contribution in [2.24, 2.45) is 5.92 Å². The highest BCUT2D eigenvalue weighted by Gasteiger charge is 2.38. The molecule has 1 aromatic carbocycles. The smallest absolute Gasteiger partial charge is 0.276 e. The number of carbonyl (C=O) groups excluding carboxylic acids is 3. The number of nitrogens with one attached hydrogen (secondary N) is 1. The van der Waals surface area contributed by atoms with E-state index in [1.165, 1.54) is 11.3 Å². The number of nitrogens with zero attached hydrogens (tertiary/aromatic N) is 4. The molecule has 3 aromatic rings. The molecule has 5 rings (SSSR count). The molecule has 2 aliphatic heterocycles. The lowest BCUT2D eigenvalue weighted by Crippen LogP contribution is -2.40. The van der Waals surface area contributed by atoms with Crippen LogP contribution in [-0.2, 0) is 22.6 Å². The molecule has 2 aromatic heterocycles. The SMILES string of the molecule is O=C(Nc1nc2c(s1)CN(C(=O)C1CC(=O)N(c3ccc(Cl)cc3)C1)CC2)c1ccccn1. The van der Waals surface area contributed by atoms with Gasteiger partial charge in [0.1, 0.15) is 5.69 Å². The fourth-order valence-electron chi connectivity index (χ4n) is 4.10. The number of thiazole rings is 1. The van der Waals surface area contributed by atoms with Crippen molar-refractivity contribution in [3.63, 3.8) is 0 Å². The van der Waals surface area contributed by atoms with Gasteiger partial charge in [0.05, 0.1) is 18.2 Å². The Labute approximate surface area is 199 Å². The quantitative estimate of drug-likeness (QED) is 0.616. The van der Waals surface area contributed by atoms with E-state index >= 15 is 0 Å². The summed E-state index contributed by atoms with van der Waals surface area (Å²) < 4.78 is 0. The van der Waals surface area contributed by atoms with Crippen LogP contribution in [0.2, 0.25) is 5.02 Å². The first kappa shape index (κ1) is 21.5. The zero-order valence-corrected chi connectivity index (χ0v) is 19.1. The van der Waals surface area contributed by atoms with Gasteiger partial charge in [-0.25, -0.2) is 4.98 Å². The summed E-state index contributed by atoms with van der Waals surface area (Å²) in [6, 6.07) is 12.2. The van der Waals surface area contributed by atoms with Gasteiger partial charge in [-0.2, -0.15) is 0 Å². The highest BCUT2D eigenvalue weighted by atomic mass is 35.5. The molecule has 168 valence electrons. The number of fused-ring (bicyclic) bond motifs is 1. The van der Waals surface area contributed by atoms with Crippen LogP contribution in [0.25, 0.3) is 0 Å². The minimum atomic E-state index is -0.383. The van der Waals surface area contributed by atoms with Gasteiger partial charge in [0.15, 0.2) is 5.13 Å². The van der Waals surface area contributed by atoms with Crippen molar-refractivity contribution < 1.29 is 14.4 Å². The fraction of sp³-hybridized carbons (Fsp3) is 0.261. The number of benzene rings is 1. The first-order valence-corrected chi connectivity index (χ1v) is 11.7. The van der Waals surface area contributed by atoms with Crippen LogP contribution < -0.4 is 10.2 Å². The summed E-state index contributed by atoms with van der Waals surface area (Å²) in [6.45, 7) is 1.32. The molecule has 4 heterocycles. The molecule has 1 atom stereocenters. The molecule has 1 saturated heterocycles. The lowest BCUT2D eigenvalue weighted by atomic mass is 10.1. The first-order valence-electron chi connectivity index (χ1n) is 10.5. The van der Waals surface area contributed by atoms with Gasteiger partial charge in [0.25, 0.3) is 5.91 Å². The summed E-state index contributed by atoms with van der Waals surface area (Å²) in [5.74, 6) is -0.795. The van der Waals surface area contributed by atoms with Gasteiger partial charge in [0.2, 0.25) is 11.8 Å². The second-order valence-corrected chi connectivity index (χ2v) is 9.47. The molecule has 2 aliphatic rings. The minimum absolute atomic E-state index is 0.0297. The van der Waals surface area contributed by atoms with Crippen molar-refractivity contribution in [3.05, 3.63) is 69.9 Å². The molecular weight excluding hydrogens is 462 g/mol. The third-order valence-corrected chi connectivity index (χ3v) is 7.02. The second kappa shape index (κ2) is 8.92. The zero-order chi connectivity index (χ0) is 22.9. The van der Waals surface area contributed by atoms with E-state index in [1.807, 2.05) is 0 Å². The van der Waals surface area contributed by atoms with Gasteiger partial charge in [-0.1, -0.05) is 29.0 Å². The number of hydrogen-bond acceptors (Lipinski definition) is 6. The van der Waals surface area contributed by atoms with Crippen LogP contribution in [0.15, 0.2) is 48.7 Å². The Kier molecular flexibility index (Phi) is 5.82. The average Bonchev–Trinajstić information content (AvgIpc) is 3.42. The topological polar surface area (TPSA) is 95.5 Å². The Balaban J connectivity index is 1.24. The van der Waals surface area contributed by atoms with Crippen molar-refractivity contribution >= 4 is 51.5 Å². The predicted octanol–water partition coefficient (Wildman–Crippen LogP) is 3.38. The first-order chi connectivity index (χ1) is 16.0. The van der Waals surface area contributed by atoms with Crippen molar-refractivity contribution in [3.8, 4) is 0 Å². The predicted molar refractivity (Wildman–Crippen MR) is 125 cm³/mol. The number of aromatic nitrogens is 2. The highest BCUT2D eigenvalue weighted by molar-refractivity contribution is 7.15. The molecular formula is C23H20ClN5O3S. The maximum Gasteiger partial charge on any atom is 0.276 e. The van der Waals surface area contributed by atoms with Gasteiger partial charge in [-0.15, -0.1) is 0 Å². The number of carbonyl (C=O) groups is 3. The minimum Gasteiger partial charge on any atom is -0.337 e. The maximum absolute atomic E-state index is 13.2. The Morgan fingerprint density at radius 3 is 2.73 bits per heavy atom. The van der Waals surface area contributed by atoms with Crippen molar-refractivity contribution in [2.45, 2.75) is 19.4 Å². The molecule has 0 bridgehead atoms. The van der Waals surface area contributed by atoms with Gasteiger partial charge in [-0.3, -0.25) is 24.7 Å². The largest absolute Gasteiger partial charge is 0.337 e. The van der Waals surface area contributed by atoms with E-state index in [2.05, 4.69) is 15.3 Å². The van der Waals surface area contributed by atoms with E-state index in [0.717, 1.165) is 16.3 Å². The molecule has 0 aliphatic carbocycles. The molecule has 33 heavy (non-hydrogen) atoms. The average molecular weight is 482 g/mol. The van der Waals surface area contributed by atoms with Gasteiger partial charge >= 0.3 is 0 Å². The number of hydrogen-bond donors (Lipinski definition) is 1. The van der Waals surface area contributed by atoms with E-state index in [-0.39, 0.29) is 30.1 Å². The molecule has 1 unspecified atom stereocenters. The fourth-order valence-corrected chi connectivity index (χ4v) is 5.24. The normalized spacial score (nSPS) is 17.7. The van der Waals surface area contributed by atoms with Crippen LogP contribution >= 0.6 is 22.9 Å². The molecule has 1 fully saturated rings. The number of pyridine rings is 1. The maximum atomic E-state index is 13.2. The van der Waals surface area contributed by atoms with E-state index < -0.39 is 0 Å². The standard InChI is InChI=1S/C23H20ClN5O3S/c24-15-4-6-16(7-5-15)29-12-14(11-20(29)30)22(32)28-10-8-17-19(13-28)33-23(26-17)27-21(31)18-3-1-2-9-25-18/h1-7,9,14H,8,10-13H2,(H,26,27,31).